The van der Waals surface area contributed by atoms with Crippen molar-refractivity contribution in [2.24, 2.45) is 5.73 Å². The summed E-state index contributed by atoms with van der Waals surface area (Å²) in [5.74, 6) is 0. The van der Waals surface area contributed by atoms with Crippen LogP contribution in [0, 0.1) is 0 Å². The molecule has 3 nitrogen and oxygen atoms in total. The van der Waals surface area contributed by atoms with Crippen molar-refractivity contribution >= 4 is 27.3 Å². The molecule has 86 valence electrons. The zero-order valence-electron chi connectivity index (χ0n) is 8.82. The Labute approximate surface area is 103 Å². The van der Waals surface area contributed by atoms with Gasteiger partial charge in [0.2, 0.25) is 0 Å². The normalized spacial score (nSPS) is 13.4. The van der Waals surface area contributed by atoms with Gasteiger partial charge in [-0.1, -0.05) is 6.92 Å². The van der Waals surface area contributed by atoms with E-state index in [-0.39, 0.29) is 12.6 Å². The van der Waals surface area contributed by atoms with Gasteiger partial charge >= 0.3 is 0 Å². The van der Waals surface area contributed by atoms with Crippen LogP contribution in [-0.2, 0) is 0 Å². The highest BCUT2D eigenvalue weighted by molar-refractivity contribution is 9.11. The van der Waals surface area contributed by atoms with Gasteiger partial charge in [-0.25, -0.2) is 0 Å². The minimum absolute atomic E-state index is 0.177. The van der Waals surface area contributed by atoms with Crippen LogP contribution < -0.4 is 5.73 Å². The number of hydrogen-bond donors (Lipinski definition) is 2. The van der Waals surface area contributed by atoms with Gasteiger partial charge in [0.25, 0.3) is 0 Å². The molecule has 0 saturated heterocycles. The van der Waals surface area contributed by atoms with E-state index in [9.17, 15) is 0 Å². The first-order valence-electron chi connectivity index (χ1n) is 5.03. The Hall–Kier alpha value is 0.0600. The molecule has 1 rings (SSSR count). The van der Waals surface area contributed by atoms with Crippen LogP contribution in [0.5, 0.6) is 0 Å². The molecule has 1 aromatic heterocycles. The van der Waals surface area contributed by atoms with E-state index in [2.05, 4.69) is 33.8 Å². The lowest BCUT2D eigenvalue weighted by Crippen LogP contribution is -2.35. The molecule has 5 heteroatoms. The summed E-state index contributed by atoms with van der Waals surface area (Å²) in [6.07, 6.45) is 0. The third-order valence-electron chi connectivity index (χ3n) is 2.38. The molecule has 1 aromatic rings. The van der Waals surface area contributed by atoms with Crippen LogP contribution in [-0.4, -0.2) is 36.2 Å². The first kappa shape index (κ1) is 13.1. The van der Waals surface area contributed by atoms with Crippen molar-refractivity contribution in [1.29, 1.82) is 0 Å². The molecule has 1 unspecified atom stereocenters. The fraction of sp³-hybridized carbons (Fsp3) is 0.600. The van der Waals surface area contributed by atoms with Gasteiger partial charge in [0.1, 0.15) is 0 Å². The molecule has 1 atom stereocenters. The van der Waals surface area contributed by atoms with Crippen molar-refractivity contribution in [3.05, 3.63) is 20.8 Å². The third-order valence-corrected chi connectivity index (χ3v) is 4.10. The van der Waals surface area contributed by atoms with Gasteiger partial charge in [-0.15, -0.1) is 11.3 Å². The highest BCUT2D eigenvalue weighted by Crippen LogP contribution is 2.29. The number of aliphatic hydroxyl groups excluding tert-OH is 1. The number of likely N-dealkylation sites (N-methyl/N-ethyl adjacent to an activating group) is 1. The molecule has 3 N–H and O–H groups in total. The minimum Gasteiger partial charge on any atom is -0.395 e. The highest BCUT2D eigenvalue weighted by atomic mass is 79.9. The molecule has 0 spiro atoms. The summed E-state index contributed by atoms with van der Waals surface area (Å²) in [7, 11) is 0. The largest absolute Gasteiger partial charge is 0.395 e. The second-order valence-corrected chi connectivity index (χ2v) is 5.74. The Kier molecular flexibility index (Phi) is 5.78. The maximum absolute atomic E-state index is 8.98. The topological polar surface area (TPSA) is 49.5 Å². The number of aliphatic hydroxyl groups is 1. The van der Waals surface area contributed by atoms with Crippen molar-refractivity contribution in [1.82, 2.24) is 4.90 Å². The molecule has 0 radical (unpaired) electrons. The summed E-state index contributed by atoms with van der Waals surface area (Å²) in [6, 6.07) is 4.35. The average Bonchev–Trinajstić information content (AvgIpc) is 2.64. The molecular weight excluding hydrogens is 276 g/mol. The summed E-state index contributed by atoms with van der Waals surface area (Å²) in [6.45, 7) is 4.42. The van der Waals surface area contributed by atoms with Crippen LogP contribution in [0.2, 0.25) is 0 Å². The maximum Gasteiger partial charge on any atom is 0.0702 e. The molecule has 0 bridgehead atoms. The van der Waals surface area contributed by atoms with Crippen LogP contribution in [0.25, 0.3) is 0 Å². The second kappa shape index (κ2) is 6.60. The lowest BCUT2D eigenvalue weighted by Gasteiger charge is -2.28. The number of thiophene rings is 1. The Bertz CT molecular complexity index is 293. The zero-order valence-corrected chi connectivity index (χ0v) is 11.2. The van der Waals surface area contributed by atoms with Gasteiger partial charge in [0, 0.05) is 18.0 Å². The highest BCUT2D eigenvalue weighted by Gasteiger charge is 2.18. The predicted octanol–water partition coefficient (Wildman–Crippen LogP) is 1.82. The molecule has 0 amide bonds. The SMILES string of the molecule is CCN(CCO)C(CN)c1ccc(Br)s1. The number of nitrogens with zero attached hydrogens (tertiary/aromatic N) is 1. The van der Waals surface area contributed by atoms with Gasteiger partial charge < -0.3 is 10.8 Å². The first-order chi connectivity index (χ1) is 7.22. The Morgan fingerprint density at radius 3 is 2.73 bits per heavy atom. The smallest absolute Gasteiger partial charge is 0.0702 e. The van der Waals surface area contributed by atoms with Crippen LogP contribution >= 0.6 is 27.3 Å². The Morgan fingerprint density at radius 2 is 2.33 bits per heavy atom. The lowest BCUT2D eigenvalue weighted by atomic mass is 10.2. The van der Waals surface area contributed by atoms with Gasteiger partial charge in [-0.3, -0.25) is 4.90 Å². The van der Waals surface area contributed by atoms with E-state index in [0.29, 0.717) is 13.1 Å². The van der Waals surface area contributed by atoms with E-state index < -0.39 is 0 Å². The van der Waals surface area contributed by atoms with Crippen molar-refractivity contribution in [2.45, 2.75) is 13.0 Å². The molecule has 0 fully saturated rings. The van der Waals surface area contributed by atoms with E-state index in [4.69, 9.17) is 10.8 Å². The molecule has 0 aliphatic carbocycles. The van der Waals surface area contributed by atoms with E-state index in [1.807, 2.05) is 6.07 Å². The van der Waals surface area contributed by atoms with Gasteiger partial charge in [0.15, 0.2) is 0 Å². The van der Waals surface area contributed by atoms with Gasteiger partial charge in [0.05, 0.1) is 16.4 Å². The standard InChI is InChI=1S/C10H17BrN2OS/c1-2-13(5-6-14)8(7-12)9-3-4-10(11)15-9/h3-4,8,14H,2,5-7,12H2,1H3. The molecule has 15 heavy (non-hydrogen) atoms. The van der Waals surface area contributed by atoms with E-state index in [1.54, 1.807) is 11.3 Å². The fourth-order valence-electron chi connectivity index (χ4n) is 1.62. The van der Waals surface area contributed by atoms with Crippen molar-refractivity contribution in [2.75, 3.05) is 26.2 Å². The monoisotopic (exact) mass is 292 g/mol. The van der Waals surface area contributed by atoms with Crippen LogP contribution in [0.3, 0.4) is 0 Å². The number of halogens is 1. The van der Waals surface area contributed by atoms with Crippen LogP contribution in [0.1, 0.15) is 17.8 Å². The van der Waals surface area contributed by atoms with Crippen molar-refractivity contribution in [3.63, 3.8) is 0 Å². The van der Waals surface area contributed by atoms with Crippen LogP contribution in [0.4, 0.5) is 0 Å². The first-order valence-corrected chi connectivity index (χ1v) is 6.64. The molecule has 0 aliphatic rings. The van der Waals surface area contributed by atoms with Gasteiger partial charge in [-0.2, -0.15) is 0 Å². The third kappa shape index (κ3) is 3.53. The van der Waals surface area contributed by atoms with E-state index in [1.165, 1.54) is 4.88 Å². The summed E-state index contributed by atoms with van der Waals surface area (Å²) in [5, 5.41) is 8.98. The molecule has 1 heterocycles. The predicted molar refractivity (Wildman–Crippen MR) is 68.1 cm³/mol. The second-order valence-electron chi connectivity index (χ2n) is 3.25. The zero-order chi connectivity index (χ0) is 11.3. The number of rotatable bonds is 6. The van der Waals surface area contributed by atoms with Crippen molar-refractivity contribution < 1.29 is 5.11 Å². The number of nitrogens with two attached hydrogens (primary N) is 1. The average molecular weight is 293 g/mol. The van der Waals surface area contributed by atoms with E-state index in [0.717, 1.165) is 10.3 Å². The van der Waals surface area contributed by atoms with E-state index >= 15 is 0 Å². The quantitative estimate of drug-likeness (QED) is 0.841. The Morgan fingerprint density at radius 1 is 1.60 bits per heavy atom. The molecular formula is C10H17BrN2OS. The summed E-state index contributed by atoms with van der Waals surface area (Å²) >= 11 is 5.15. The van der Waals surface area contributed by atoms with Crippen molar-refractivity contribution in [3.8, 4) is 0 Å². The van der Waals surface area contributed by atoms with Crippen LogP contribution in [0.15, 0.2) is 15.9 Å². The molecule has 0 aliphatic heterocycles. The lowest BCUT2D eigenvalue weighted by molar-refractivity contribution is 0.161. The van der Waals surface area contributed by atoms with Gasteiger partial charge in [-0.05, 0) is 34.6 Å². The summed E-state index contributed by atoms with van der Waals surface area (Å²) in [5.41, 5.74) is 5.79. The minimum atomic E-state index is 0.177. The summed E-state index contributed by atoms with van der Waals surface area (Å²) in [4.78, 5) is 3.44. The molecule has 0 aromatic carbocycles. The summed E-state index contributed by atoms with van der Waals surface area (Å²) < 4.78 is 1.12. The number of hydrogen-bond acceptors (Lipinski definition) is 4. The Balaban J connectivity index is 2.76. The molecule has 0 saturated carbocycles. The fourth-order valence-corrected chi connectivity index (χ4v) is 3.19. The maximum atomic E-state index is 8.98.